The number of pyridine rings is 1. The fourth-order valence-electron chi connectivity index (χ4n) is 2.53. The molecule has 26 heavy (non-hydrogen) atoms. The Balaban J connectivity index is 1.63. The predicted octanol–water partition coefficient (Wildman–Crippen LogP) is 3.10. The van der Waals surface area contributed by atoms with Gasteiger partial charge in [-0.3, -0.25) is 0 Å². The largest absolute Gasteiger partial charge is 0.383 e. The van der Waals surface area contributed by atoms with Crippen molar-refractivity contribution in [3.8, 4) is 5.69 Å². The molecule has 0 radical (unpaired) electrons. The van der Waals surface area contributed by atoms with Crippen molar-refractivity contribution in [1.82, 2.24) is 14.8 Å². The molecule has 0 bridgehead atoms. The maximum Gasteiger partial charge on any atom is 0.126 e. The third-order valence-electron chi connectivity index (χ3n) is 4.06. The lowest BCUT2D eigenvalue weighted by Gasteiger charge is -2.18. The van der Waals surface area contributed by atoms with Crippen LogP contribution in [-0.4, -0.2) is 42.1 Å². The van der Waals surface area contributed by atoms with E-state index in [1.54, 1.807) is 30.1 Å². The number of rotatable bonds is 8. The van der Waals surface area contributed by atoms with E-state index in [2.05, 4.69) is 20.3 Å². The van der Waals surface area contributed by atoms with E-state index in [-0.39, 0.29) is 5.82 Å². The average Bonchev–Trinajstić information content (AvgIpc) is 3.14. The zero-order valence-electron chi connectivity index (χ0n) is 14.9. The summed E-state index contributed by atoms with van der Waals surface area (Å²) < 4.78 is 20.0. The van der Waals surface area contributed by atoms with E-state index >= 15 is 0 Å². The normalized spacial score (nSPS) is 10.7. The first kappa shape index (κ1) is 17.9. The number of halogens is 1. The molecule has 0 aliphatic rings. The van der Waals surface area contributed by atoms with Gasteiger partial charge in [-0.05, 0) is 42.5 Å². The van der Waals surface area contributed by atoms with Gasteiger partial charge < -0.3 is 15.0 Å². The SMILES string of the molecule is COCCN(C)c1ccc(NCc2ccnn2-c2ccc(F)cc2)nc1. The molecule has 2 heterocycles. The molecule has 1 aromatic carbocycles. The smallest absolute Gasteiger partial charge is 0.126 e. The minimum Gasteiger partial charge on any atom is -0.383 e. The van der Waals surface area contributed by atoms with Crippen LogP contribution in [0.25, 0.3) is 5.69 Å². The summed E-state index contributed by atoms with van der Waals surface area (Å²) >= 11 is 0. The quantitative estimate of drug-likeness (QED) is 0.673. The standard InChI is InChI=1S/C19H22FN5O/c1-24(11-12-26-2)17-7-8-19(21-13-17)22-14-18-9-10-23-25(18)16-5-3-15(20)4-6-16/h3-10,13H,11-12,14H2,1-2H3,(H,21,22). The van der Waals surface area contributed by atoms with E-state index in [0.29, 0.717) is 13.2 Å². The highest BCUT2D eigenvalue weighted by Crippen LogP contribution is 2.16. The van der Waals surface area contributed by atoms with Crippen LogP contribution in [0.1, 0.15) is 5.69 Å². The Labute approximate surface area is 152 Å². The highest BCUT2D eigenvalue weighted by atomic mass is 19.1. The third-order valence-corrected chi connectivity index (χ3v) is 4.06. The molecule has 0 fully saturated rings. The minimum atomic E-state index is -0.264. The maximum atomic E-state index is 13.1. The topological polar surface area (TPSA) is 55.2 Å². The second kappa shape index (κ2) is 8.44. The summed E-state index contributed by atoms with van der Waals surface area (Å²) in [7, 11) is 3.69. The van der Waals surface area contributed by atoms with Crippen LogP contribution in [-0.2, 0) is 11.3 Å². The molecule has 0 atom stereocenters. The van der Waals surface area contributed by atoms with Gasteiger partial charge in [0.1, 0.15) is 11.6 Å². The predicted molar refractivity (Wildman–Crippen MR) is 100 cm³/mol. The van der Waals surface area contributed by atoms with Crippen LogP contribution in [0.4, 0.5) is 15.9 Å². The molecular weight excluding hydrogens is 333 g/mol. The van der Waals surface area contributed by atoms with Gasteiger partial charge in [0.25, 0.3) is 0 Å². The first-order chi connectivity index (χ1) is 12.7. The zero-order valence-corrected chi connectivity index (χ0v) is 14.9. The molecule has 0 saturated heterocycles. The summed E-state index contributed by atoms with van der Waals surface area (Å²) in [4.78, 5) is 6.54. The van der Waals surface area contributed by atoms with E-state index < -0.39 is 0 Å². The van der Waals surface area contributed by atoms with Gasteiger partial charge in [-0.25, -0.2) is 14.1 Å². The molecule has 0 aliphatic carbocycles. The fraction of sp³-hybridized carbons (Fsp3) is 0.263. The van der Waals surface area contributed by atoms with Gasteiger partial charge in [0.05, 0.1) is 36.4 Å². The molecule has 136 valence electrons. The van der Waals surface area contributed by atoms with Gasteiger partial charge >= 0.3 is 0 Å². The molecule has 3 rings (SSSR count). The summed E-state index contributed by atoms with van der Waals surface area (Å²) in [6, 6.07) is 12.1. The van der Waals surface area contributed by atoms with E-state index in [9.17, 15) is 4.39 Å². The van der Waals surface area contributed by atoms with E-state index in [1.165, 1.54) is 12.1 Å². The number of aromatic nitrogens is 3. The van der Waals surface area contributed by atoms with Gasteiger partial charge in [0, 0.05) is 26.9 Å². The first-order valence-corrected chi connectivity index (χ1v) is 8.36. The van der Waals surface area contributed by atoms with Crippen LogP contribution in [0.5, 0.6) is 0 Å². The van der Waals surface area contributed by atoms with E-state index in [1.807, 2.05) is 31.4 Å². The molecule has 7 heteroatoms. The summed E-state index contributed by atoms with van der Waals surface area (Å²) in [6.45, 7) is 2.04. The van der Waals surface area contributed by atoms with Crippen molar-refractivity contribution in [2.24, 2.45) is 0 Å². The molecule has 0 spiro atoms. The van der Waals surface area contributed by atoms with Crippen molar-refractivity contribution < 1.29 is 9.13 Å². The molecule has 2 aromatic heterocycles. The van der Waals surface area contributed by atoms with E-state index in [0.717, 1.165) is 29.4 Å². The van der Waals surface area contributed by atoms with Crippen LogP contribution < -0.4 is 10.2 Å². The van der Waals surface area contributed by atoms with Crippen molar-refractivity contribution in [1.29, 1.82) is 0 Å². The van der Waals surface area contributed by atoms with Crippen LogP contribution in [0.15, 0.2) is 54.9 Å². The molecule has 6 nitrogen and oxygen atoms in total. The Kier molecular flexibility index (Phi) is 5.80. The summed E-state index contributed by atoms with van der Waals surface area (Å²) in [5.74, 6) is 0.515. The van der Waals surface area contributed by atoms with Crippen molar-refractivity contribution in [3.63, 3.8) is 0 Å². The zero-order chi connectivity index (χ0) is 18.4. The van der Waals surface area contributed by atoms with Crippen LogP contribution in [0.3, 0.4) is 0 Å². The highest BCUT2D eigenvalue weighted by molar-refractivity contribution is 5.49. The van der Waals surface area contributed by atoms with Gasteiger partial charge in [-0.2, -0.15) is 5.10 Å². The van der Waals surface area contributed by atoms with Crippen LogP contribution in [0.2, 0.25) is 0 Å². The van der Waals surface area contributed by atoms with Crippen molar-refractivity contribution >= 4 is 11.5 Å². The second-order valence-corrected chi connectivity index (χ2v) is 5.88. The molecule has 0 aliphatic heterocycles. The summed E-state index contributed by atoms with van der Waals surface area (Å²) in [5, 5.41) is 7.60. The Morgan fingerprint density at radius 3 is 2.65 bits per heavy atom. The van der Waals surface area contributed by atoms with Gasteiger partial charge in [-0.15, -0.1) is 0 Å². The van der Waals surface area contributed by atoms with Gasteiger partial charge in [-0.1, -0.05) is 0 Å². The molecule has 3 aromatic rings. The lowest BCUT2D eigenvalue weighted by molar-refractivity contribution is 0.206. The number of ether oxygens (including phenoxy) is 1. The van der Waals surface area contributed by atoms with Gasteiger partial charge in [0.2, 0.25) is 0 Å². The highest BCUT2D eigenvalue weighted by Gasteiger charge is 2.06. The Bertz CT molecular complexity index is 817. The lowest BCUT2D eigenvalue weighted by atomic mass is 10.3. The number of anilines is 2. The molecule has 0 unspecified atom stereocenters. The number of methoxy groups -OCH3 is 1. The number of hydrogen-bond donors (Lipinski definition) is 1. The molecule has 0 amide bonds. The lowest BCUT2D eigenvalue weighted by Crippen LogP contribution is -2.22. The Morgan fingerprint density at radius 1 is 1.15 bits per heavy atom. The van der Waals surface area contributed by atoms with Crippen molar-refractivity contribution in [2.75, 3.05) is 37.5 Å². The number of nitrogens with zero attached hydrogens (tertiary/aromatic N) is 4. The first-order valence-electron chi connectivity index (χ1n) is 8.36. The number of nitrogens with one attached hydrogen (secondary N) is 1. The second-order valence-electron chi connectivity index (χ2n) is 5.88. The number of likely N-dealkylation sites (N-methyl/N-ethyl adjacent to an activating group) is 1. The molecular formula is C19H22FN5O. The Morgan fingerprint density at radius 2 is 1.96 bits per heavy atom. The minimum absolute atomic E-state index is 0.264. The molecule has 1 N–H and O–H groups in total. The molecule has 0 saturated carbocycles. The monoisotopic (exact) mass is 355 g/mol. The maximum absolute atomic E-state index is 13.1. The average molecular weight is 355 g/mol. The van der Waals surface area contributed by atoms with Crippen molar-refractivity contribution in [3.05, 3.63) is 66.4 Å². The third kappa shape index (κ3) is 4.37. The number of hydrogen-bond acceptors (Lipinski definition) is 5. The number of benzene rings is 1. The van der Waals surface area contributed by atoms with Crippen LogP contribution in [0, 0.1) is 5.82 Å². The van der Waals surface area contributed by atoms with Gasteiger partial charge in [0.15, 0.2) is 0 Å². The summed E-state index contributed by atoms with van der Waals surface area (Å²) in [6.07, 6.45) is 3.55. The fourth-order valence-corrected chi connectivity index (χ4v) is 2.53. The van der Waals surface area contributed by atoms with E-state index in [4.69, 9.17) is 4.74 Å². The van der Waals surface area contributed by atoms with Crippen LogP contribution >= 0.6 is 0 Å². The van der Waals surface area contributed by atoms with Crippen molar-refractivity contribution in [2.45, 2.75) is 6.54 Å². The summed E-state index contributed by atoms with van der Waals surface area (Å²) in [5.41, 5.74) is 2.81. The Hall–Kier alpha value is -2.93.